The summed E-state index contributed by atoms with van der Waals surface area (Å²) in [5.41, 5.74) is 2.10. The summed E-state index contributed by atoms with van der Waals surface area (Å²) in [5, 5.41) is 0. The SMILES string of the molecule is CCC(C)c1ccc(OC(C)(C)c2ccc(OC)cc2)cc1. The van der Waals surface area contributed by atoms with Crippen molar-refractivity contribution < 1.29 is 9.47 Å². The van der Waals surface area contributed by atoms with Gasteiger partial charge in [0.05, 0.1) is 7.11 Å². The van der Waals surface area contributed by atoms with Gasteiger partial charge in [-0.25, -0.2) is 0 Å². The molecule has 0 amide bonds. The third-order valence-electron chi connectivity index (χ3n) is 4.22. The topological polar surface area (TPSA) is 18.5 Å². The molecule has 0 aliphatic carbocycles. The molecule has 0 aromatic heterocycles. The highest BCUT2D eigenvalue weighted by molar-refractivity contribution is 5.33. The average molecular weight is 298 g/mol. The van der Waals surface area contributed by atoms with Gasteiger partial charge in [-0.2, -0.15) is 0 Å². The highest BCUT2D eigenvalue weighted by atomic mass is 16.5. The standard InChI is InChI=1S/C20H26O2/c1-6-15(2)16-7-11-19(12-8-16)22-20(3,4)17-9-13-18(21-5)14-10-17/h7-15H,6H2,1-5H3. The van der Waals surface area contributed by atoms with Crippen molar-refractivity contribution in [3.05, 3.63) is 59.7 Å². The lowest BCUT2D eigenvalue weighted by Gasteiger charge is -2.27. The first kappa shape index (κ1) is 16.4. The van der Waals surface area contributed by atoms with E-state index >= 15 is 0 Å². The molecular formula is C20H26O2. The fraction of sp³-hybridized carbons (Fsp3) is 0.400. The van der Waals surface area contributed by atoms with E-state index < -0.39 is 0 Å². The van der Waals surface area contributed by atoms with Gasteiger partial charge < -0.3 is 9.47 Å². The Kier molecular flexibility index (Phi) is 5.12. The number of rotatable bonds is 6. The molecule has 0 saturated heterocycles. The largest absolute Gasteiger partial charge is 0.497 e. The summed E-state index contributed by atoms with van der Waals surface area (Å²) < 4.78 is 11.4. The van der Waals surface area contributed by atoms with E-state index in [1.165, 1.54) is 5.56 Å². The van der Waals surface area contributed by atoms with Gasteiger partial charge in [0.1, 0.15) is 17.1 Å². The van der Waals surface area contributed by atoms with E-state index in [1.54, 1.807) is 7.11 Å². The van der Waals surface area contributed by atoms with Crippen LogP contribution in [-0.2, 0) is 5.60 Å². The predicted molar refractivity (Wildman–Crippen MR) is 91.8 cm³/mol. The van der Waals surface area contributed by atoms with Gasteiger partial charge >= 0.3 is 0 Å². The van der Waals surface area contributed by atoms with E-state index in [1.807, 2.05) is 24.3 Å². The minimum atomic E-state index is -0.385. The Morgan fingerprint density at radius 1 is 0.909 bits per heavy atom. The van der Waals surface area contributed by atoms with Gasteiger partial charge in [0.25, 0.3) is 0 Å². The van der Waals surface area contributed by atoms with Crippen LogP contribution in [0, 0.1) is 0 Å². The maximum Gasteiger partial charge on any atom is 0.128 e. The second-order valence-electron chi connectivity index (χ2n) is 6.22. The molecule has 0 aliphatic rings. The first-order valence-electron chi connectivity index (χ1n) is 7.89. The lowest BCUT2D eigenvalue weighted by molar-refractivity contribution is 0.109. The number of methoxy groups -OCH3 is 1. The molecular weight excluding hydrogens is 272 g/mol. The average Bonchev–Trinajstić information content (AvgIpc) is 2.54. The molecule has 2 aromatic rings. The van der Waals surface area contributed by atoms with Crippen molar-refractivity contribution in [2.75, 3.05) is 7.11 Å². The van der Waals surface area contributed by atoms with Crippen molar-refractivity contribution >= 4 is 0 Å². The van der Waals surface area contributed by atoms with Gasteiger partial charge in [-0.3, -0.25) is 0 Å². The molecule has 2 aromatic carbocycles. The van der Waals surface area contributed by atoms with Gasteiger partial charge in [-0.1, -0.05) is 38.1 Å². The lowest BCUT2D eigenvalue weighted by atomic mass is 9.97. The van der Waals surface area contributed by atoms with Gasteiger partial charge in [-0.05, 0) is 61.6 Å². The molecule has 2 heteroatoms. The van der Waals surface area contributed by atoms with E-state index in [2.05, 4.69) is 52.0 Å². The van der Waals surface area contributed by atoms with Crippen LogP contribution in [0.15, 0.2) is 48.5 Å². The van der Waals surface area contributed by atoms with Crippen LogP contribution in [0.1, 0.15) is 51.2 Å². The highest BCUT2D eigenvalue weighted by Crippen LogP contribution is 2.30. The fourth-order valence-corrected chi connectivity index (χ4v) is 2.45. The summed E-state index contributed by atoms with van der Waals surface area (Å²) in [7, 11) is 1.68. The molecule has 22 heavy (non-hydrogen) atoms. The Morgan fingerprint density at radius 2 is 1.45 bits per heavy atom. The van der Waals surface area contributed by atoms with Crippen molar-refractivity contribution in [1.82, 2.24) is 0 Å². The van der Waals surface area contributed by atoms with E-state index in [4.69, 9.17) is 9.47 Å². The summed E-state index contributed by atoms with van der Waals surface area (Å²) in [4.78, 5) is 0. The number of benzene rings is 2. The number of hydrogen-bond donors (Lipinski definition) is 0. The molecule has 0 saturated carbocycles. The first-order valence-corrected chi connectivity index (χ1v) is 7.89. The zero-order valence-corrected chi connectivity index (χ0v) is 14.2. The van der Waals surface area contributed by atoms with Gasteiger partial charge in [0.2, 0.25) is 0 Å². The Bertz CT molecular complexity index is 582. The van der Waals surface area contributed by atoms with Crippen molar-refractivity contribution in [2.45, 2.75) is 45.6 Å². The molecule has 0 spiro atoms. The van der Waals surface area contributed by atoms with E-state index in [-0.39, 0.29) is 5.60 Å². The molecule has 0 bridgehead atoms. The summed E-state index contributed by atoms with van der Waals surface area (Å²) in [6.07, 6.45) is 1.15. The highest BCUT2D eigenvalue weighted by Gasteiger charge is 2.22. The predicted octanol–water partition coefficient (Wildman–Crippen LogP) is 5.52. The lowest BCUT2D eigenvalue weighted by Crippen LogP contribution is -2.25. The van der Waals surface area contributed by atoms with E-state index in [0.29, 0.717) is 5.92 Å². The second kappa shape index (κ2) is 6.87. The number of hydrogen-bond acceptors (Lipinski definition) is 2. The molecule has 1 unspecified atom stereocenters. The van der Waals surface area contributed by atoms with Crippen LogP contribution in [0.2, 0.25) is 0 Å². The molecule has 2 rings (SSSR count). The molecule has 0 N–H and O–H groups in total. The Balaban J connectivity index is 2.13. The normalized spacial score (nSPS) is 12.8. The van der Waals surface area contributed by atoms with Crippen LogP contribution >= 0.6 is 0 Å². The van der Waals surface area contributed by atoms with Crippen LogP contribution in [0.3, 0.4) is 0 Å². The van der Waals surface area contributed by atoms with Gasteiger partial charge in [0, 0.05) is 0 Å². The van der Waals surface area contributed by atoms with Crippen LogP contribution < -0.4 is 9.47 Å². The summed E-state index contributed by atoms with van der Waals surface area (Å²) in [6.45, 7) is 8.62. The first-order chi connectivity index (χ1) is 10.5. The molecule has 0 heterocycles. The molecule has 118 valence electrons. The Morgan fingerprint density at radius 3 is 1.95 bits per heavy atom. The maximum atomic E-state index is 6.19. The van der Waals surface area contributed by atoms with Crippen LogP contribution in [0.25, 0.3) is 0 Å². The Hall–Kier alpha value is -1.96. The van der Waals surface area contributed by atoms with Crippen LogP contribution in [-0.4, -0.2) is 7.11 Å². The molecule has 0 aliphatic heterocycles. The Labute approximate surface area is 134 Å². The molecule has 2 nitrogen and oxygen atoms in total. The number of ether oxygens (including phenoxy) is 2. The fourth-order valence-electron chi connectivity index (χ4n) is 2.45. The third-order valence-corrected chi connectivity index (χ3v) is 4.22. The second-order valence-corrected chi connectivity index (χ2v) is 6.22. The summed E-state index contributed by atoms with van der Waals surface area (Å²) in [5.74, 6) is 2.34. The third kappa shape index (κ3) is 3.82. The summed E-state index contributed by atoms with van der Waals surface area (Å²) >= 11 is 0. The van der Waals surface area contributed by atoms with Crippen molar-refractivity contribution in [1.29, 1.82) is 0 Å². The minimum absolute atomic E-state index is 0.385. The van der Waals surface area contributed by atoms with Crippen LogP contribution in [0.4, 0.5) is 0 Å². The zero-order chi connectivity index (χ0) is 16.2. The minimum Gasteiger partial charge on any atom is -0.497 e. The smallest absolute Gasteiger partial charge is 0.128 e. The van der Waals surface area contributed by atoms with E-state index in [9.17, 15) is 0 Å². The zero-order valence-electron chi connectivity index (χ0n) is 14.2. The maximum absolute atomic E-state index is 6.19. The molecule has 0 radical (unpaired) electrons. The van der Waals surface area contributed by atoms with Gasteiger partial charge in [0.15, 0.2) is 0 Å². The van der Waals surface area contributed by atoms with Crippen molar-refractivity contribution in [3.8, 4) is 11.5 Å². The monoisotopic (exact) mass is 298 g/mol. The van der Waals surface area contributed by atoms with E-state index in [0.717, 1.165) is 23.5 Å². The van der Waals surface area contributed by atoms with Crippen molar-refractivity contribution in [2.24, 2.45) is 0 Å². The van der Waals surface area contributed by atoms with Crippen LogP contribution in [0.5, 0.6) is 11.5 Å². The molecule has 1 atom stereocenters. The molecule has 0 fully saturated rings. The quantitative estimate of drug-likeness (QED) is 0.698. The summed E-state index contributed by atoms with van der Waals surface area (Å²) in [6, 6.07) is 16.5. The van der Waals surface area contributed by atoms with Gasteiger partial charge in [-0.15, -0.1) is 0 Å². The van der Waals surface area contributed by atoms with Crippen molar-refractivity contribution in [3.63, 3.8) is 0 Å².